The Bertz CT molecular complexity index is 308. The molecule has 0 N–H and O–H groups in total. The molecule has 76 valence electrons. The van der Waals surface area contributed by atoms with Crippen molar-refractivity contribution in [3.05, 3.63) is 47.0 Å². The van der Waals surface area contributed by atoms with Gasteiger partial charge in [0.15, 0.2) is 0 Å². The Morgan fingerprint density at radius 3 is 2.43 bits per heavy atom. The Kier molecular flexibility index (Phi) is 4.45. The van der Waals surface area contributed by atoms with E-state index in [0.717, 1.165) is 19.3 Å². The van der Waals surface area contributed by atoms with Crippen LogP contribution in [0.2, 0.25) is 0 Å². The van der Waals surface area contributed by atoms with Gasteiger partial charge in [-0.1, -0.05) is 44.2 Å². The van der Waals surface area contributed by atoms with Crippen LogP contribution in [0.15, 0.2) is 30.4 Å². The van der Waals surface area contributed by atoms with Crippen molar-refractivity contribution in [2.24, 2.45) is 0 Å². The summed E-state index contributed by atoms with van der Waals surface area (Å²) < 4.78 is 0. The van der Waals surface area contributed by atoms with Crippen molar-refractivity contribution in [2.45, 2.75) is 40.0 Å². The molecule has 0 aromatic heterocycles. The summed E-state index contributed by atoms with van der Waals surface area (Å²) in [6, 6.07) is 6.87. The van der Waals surface area contributed by atoms with E-state index in [1.165, 1.54) is 16.7 Å². The largest absolute Gasteiger partial charge is 0.0913 e. The number of benzene rings is 1. The normalized spacial score (nSPS) is 11.1. The number of rotatable bonds is 4. The third kappa shape index (κ3) is 2.73. The average molecular weight is 188 g/mol. The van der Waals surface area contributed by atoms with Gasteiger partial charge in [-0.05, 0) is 42.9 Å². The standard InChI is InChI=1S/C14H20/c1-4-7-8-14-10-9-12(5-2)11-13(14)6-3/h4,7,9-11H,5-6,8H2,1-3H3. The summed E-state index contributed by atoms with van der Waals surface area (Å²) in [7, 11) is 0. The maximum absolute atomic E-state index is 2.35. The molecule has 0 heteroatoms. The number of allylic oxidation sites excluding steroid dienone is 2. The van der Waals surface area contributed by atoms with Crippen molar-refractivity contribution >= 4 is 0 Å². The van der Waals surface area contributed by atoms with Gasteiger partial charge >= 0.3 is 0 Å². The van der Waals surface area contributed by atoms with E-state index >= 15 is 0 Å². The maximum Gasteiger partial charge on any atom is -0.00948 e. The lowest BCUT2D eigenvalue weighted by atomic mass is 9.98. The SMILES string of the molecule is CC=CCc1ccc(CC)cc1CC. The monoisotopic (exact) mass is 188 g/mol. The molecule has 0 unspecified atom stereocenters. The molecule has 0 heterocycles. The zero-order valence-corrected chi connectivity index (χ0v) is 9.51. The molecule has 0 fully saturated rings. The smallest absolute Gasteiger partial charge is 0.00948 e. The number of hydrogen-bond acceptors (Lipinski definition) is 0. The van der Waals surface area contributed by atoms with E-state index < -0.39 is 0 Å². The van der Waals surface area contributed by atoms with Crippen molar-refractivity contribution in [3.8, 4) is 0 Å². The molecular weight excluding hydrogens is 168 g/mol. The van der Waals surface area contributed by atoms with Crippen LogP contribution in [-0.2, 0) is 19.3 Å². The summed E-state index contributed by atoms with van der Waals surface area (Å²) in [5, 5.41) is 0. The van der Waals surface area contributed by atoms with E-state index in [1.54, 1.807) is 0 Å². The molecule has 0 aliphatic carbocycles. The van der Waals surface area contributed by atoms with Gasteiger partial charge in [-0.2, -0.15) is 0 Å². The predicted octanol–water partition coefficient (Wildman–Crippen LogP) is 3.93. The second-order valence-corrected chi connectivity index (χ2v) is 3.58. The zero-order valence-electron chi connectivity index (χ0n) is 9.51. The minimum atomic E-state index is 1.07. The van der Waals surface area contributed by atoms with E-state index in [2.05, 4.69) is 51.1 Å². The lowest BCUT2D eigenvalue weighted by molar-refractivity contribution is 1.04. The summed E-state index contributed by atoms with van der Waals surface area (Å²) in [5.41, 5.74) is 4.43. The lowest BCUT2D eigenvalue weighted by Gasteiger charge is -2.07. The average Bonchev–Trinajstić information content (AvgIpc) is 2.26. The topological polar surface area (TPSA) is 0 Å². The van der Waals surface area contributed by atoms with Crippen LogP contribution in [0.5, 0.6) is 0 Å². The van der Waals surface area contributed by atoms with Gasteiger partial charge in [0.1, 0.15) is 0 Å². The van der Waals surface area contributed by atoms with Crippen molar-refractivity contribution in [2.75, 3.05) is 0 Å². The minimum Gasteiger partial charge on any atom is -0.0913 e. The summed E-state index contributed by atoms with van der Waals surface area (Å²) in [5.74, 6) is 0. The van der Waals surface area contributed by atoms with Gasteiger partial charge in [0, 0.05) is 0 Å². The predicted molar refractivity (Wildman–Crippen MR) is 63.7 cm³/mol. The first-order chi connectivity index (χ1) is 6.81. The highest BCUT2D eigenvalue weighted by Crippen LogP contribution is 2.14. The number of aryl methyl sites for hydroxylation is 2. The Hall–Kier alpha value is -1.04. The first-order valence-electron chi connectivity index (χ1n) is 5.53. The van der Waals surface area contributed by atoms with Crippen LogP contribution >= 0.6 is 0 Å². The molecule has 1 aromatic rings. The van der Waals surface area contributed by atoms with Gasteiger partial charge < -0.3 is 0 Å². The van der Waals surface area contributed by atoms with Gasteiger partial charge in [-0.3, -0.25) is 0 Å². The Morgan fingerprint density at radius 1 is 1.07 bits per heavy atom. The highest BCUT2D eigenvalue weighted by atomic mass is 14.0. The lowest BCUT2D eigenvalue weighted by Crippen LogP contribution is -1.93. The molecular formula is C14H20. The molecule has 1 aromatic carbocycles. The molecule has 0 nitrogen and oxygen atoms in total. The van der Waals surface area contributed by atoms with Gasteiger partial charge in [0.05, 0.1) is 0 Å². The second kappa shape index (κ2) is 5.64. The van der Waals surface area contributed by atoms with Gasteiger partial charge in [-0.25, -0.2) is 0 Å². The van der Waals surface area contributed by atoms with E-state index in [0.29, 0.717) is 0 Å². The van der Waals surface area contributed by atoms with Crippen LogP contribution in [0, 0.1) is 0 Å². The molecule has 0 spiro atoms. The van der Waals surface area contributed by atoms with E-state index in [9.17, 15) is 0 Å². The van der Waals surface area contributed by atoms with Gasteiger partial charge in [0.2, 0.25) is 0 Å². The summed E-state index contributed by atoms with van der Waals surface area (Å²) >= 11 is 0. The van der Waals surface area contributed by atoms with Crippen LogP contribution in [-0.4, -0.2) is 0 Å². The van der Waals surface area contributed by atoms with Crippen molar-refractivity contribution in [1.29, 1.82) is 0 Å². The first-order valence-corrected chi connectivity index (χ1v) is 5.53. The fourth-order valence-corrected chi connectivity index (χ4v) is 1.67. The van der Waals surface area contributed by atoms with Crippen LogP contribution in [0.3, 0.4) is 0 Å². The van der Waals surface area contributed by atoms with Crippen molar-refractivity contribution in [1.82, 2.24) is 0 Å². The Labute approximate surface area is 87.7 Å². The Balaban J connectivity index is 2.92. The minimum absolute atomic E-state index is 1.07. The number of hydrogen-bond donors (Lipinski definition) is 0. The van der Waals surface area contributed by atoms with Crippen LogP contribution in [0.1, 0.15) is 37.5 Å². The molecule has 0 aliphatic rings. The third-order valence-corrected chi connectivity index (χ3v) is 2.63. The molecule has 0 atom stereocenters. The van der Waals surface area contributed by atoms with Crippen LogP contribution < -0.4 is 0 Å². The molecule has 1 rings (SSSR count). The maximum atomic E-state index is 2.35. The molecule has 0 bridgehead atoms. The Morgan fingerprint density at radius 2 is 1.86 bits per heavy atom. The summed E-state index contributed by atoms with van der Waals surface area (Å²) in [6.07, 6.45) is 7.69. The molecule has 0 aliphatic heterocycles. The van der Waals surface area contributed by atoms with E-state index in [4.69, 9.17) is 0 Å². The molecule has 0 saturated carbocycles. The van der Waals surface area contributed by atoms with Gasteiger partial charge in [0.25, 0.3) is 0 Å². The summed E-state index contributed by atoms with van der Waals surface area (Å²) in [4.78, 5) is 0. The molecule has 0 radical (unpaired) electrons. The van der Waals surface area contributed by atoms with E-state index in [-0.39, 0.29) is 0 Å². The second-order valence-electron chi connectivity index (χ2n) is 3.58. The van der Waals surface area contributed by atoms with Crippen LogP contribution in [0.25, 0.3) is 0 Å². The van der Waals surface area contributed by atoms with Crippen molar-refractivity contribution in [3.63, 3.8) is 0 Å². The fourth-order valence-electron chi connectivity index (χ4n) is 1.67. The molecule has 0 saturated heterocycles. The molecule has 14 heavy (non-hydrogen) atoms. The zero-order chi connectivity index (χ0) is 10.4. The molecule has 0 amide bonds. The highest BCUT2D eigenvalue weighted by Gasteiger charge is 1.99. The quantitative estimate of drug-likeness (QED) is 0.628. The summed E-state index contributed by atoms with van der Waals surface area (Å²) in [6.45, 7) is 6.51. The first kappa shape index (κ1) is 11.0. The highest BCUT2D eigenvalue weighted by molar-refractivity contribution is 5.33. The van der Waals surface area contributed by atoms with Crippen molar-refractivity contribution < 1.29 is 0 Å². The van der Waals surface area contributed by atoms with Crippen LogP contribution in [0.4, 0.5) is 0 Å². The fraction of sp³-hybridized carbons (Fsp3) is 0.429. The van der Waals surface area contributed by atoms with E-state index in [1.807, 2.05) is 0 Å². The third-order valence-electron chi connectivity index (χ3n) is 2.63. The van der Waals surface area contributed by atoms with Gasteiger partial charge in [-0.15, -0.1) is 0 Å².